The van der Waals surface area contributed by atoms with Crippen LogP contribution in [0.4, 0.5) is 5.82 Å². The Morgan fingerprint density at radius 3 is 2.68 bits per heavy atom. The van der Waals surface area contributed by atoms with Crippen molar-refractivity contribution in [2.45, 2.75) is 19.8 Å². The number of aromatic nitrogens is 4. The van der Waals surface area contributed by atoms with E-state index in [4.69, 9.17) is 23.2 Å². The fourth-order valence-corrected chi connectivity index (χ4v) is 1.72. The van der Waals surface area contributed by atoms with E-state index in [0.29, 0.717) is 11.7 Å². The molecule has 0 fully saturated rings. The second-order valence-corrected chi connectivity index (χ2v) is 4.93. The van der Waals surface area contributed by atoms with E-state index >= 15 is 0 Å². The van der Waals surface area contributed by atoms with Gasteiger partial charge >= 0.3 is 0 Å². The van der Waals surface area contributed by atoms with Crippen molar-refractivity contribution in [3.8, 4) is 0 Å². The zero-order valence-electron chi connectivity index (χ0n) is 10.2. The summed E-state index contributed by atoms with van der Waals surface area (Å²) in [6.07, 6.45) is 0. The van der Waals surface area contributed by atoms with Gasteiger partial charge < -0.3 is 5.32 Å². The SMILES string of the molecule is CC(C)c1cc(NC(=O)c2cc(Cl)nnc2Cl)n[nH]1. The van der Waals surface area contributed by atoms with E-state index in [-0.39, 0.29) is 15.9 Å². The maximum absolute atomic E-state index is 12.0. The lowest BCUT2D eigenvalue weighted by Gasteiger charge is -2.03. The first kappa shape index (κ1) is 13.8. The molecule has 0 aromatic carbocycles. The summed E-state index contributed by atoms with van der Waals surface area (Å²) in [6, 6.07) is 3.11. The molecule has 0 radical (unpaired) electrons. The highest BCUT2D eigenvalue weighted by atomic mass is 35.5. The van der Waals surface area contributed by atoms with Gasteiger partial charge in [0.2, 0.25) is 0 Å². The molecule has 1 amide bonds. The van der Waals surface area contributed by atoms with Gasteiger partial charge in [0.25, 0.3) is 5.91 Å². The number of H-pyrrole nitrogens is 1. The van der Waals surface area contributed by atoms with Crippen molar-refractivity contribution in [2.75, 3.05) is 5.32 Å². The van der Waals surface area contributed by atoms with Crippen LogP contribution < -0.4 is 5.32 Å². The monoisotopic (exact) mass is 299 g/mol. The number of rotatable bonds is 3. The molecule has 2 aromatic heterocycles. The minimum absolute atomic E-state index is 0.0125. The molecule has 0 aliphatic heterocycles. The summed E-state index contributed by atoms with van der Waals surface area (Å²) in [5.74, 6) is 0.264. The predicted octanol–water partition coefficient (Wildman–Crippen LogP) is 2.88. The zero-order valence-corrected chi connectivity index (χ0v) is 11.7. The predicted molar refractivity (Wildman–Crippen MR) is 72.7 cm³/mol. The van der Waals surface area contributed by atoms with E-state index in [1.165, 1.54) is 6.07 Å². The first-order chi connectivity index (χ1) is 8.97. The number of hydrogen-bond donors (Lipinski definition) is 2. The smallest absolute Gasteiger partial charge is 0.260 e. The van der Waals surface area contributed by atoms with Crippen LogP contribution in [0.25, 0.3) is 0 Å². The molecule has 0 bridgehead atoms. The van der Waals surface area contributed by atoms with Gasteiger partial charge in [0, 0.05) is 11.8 Å². The van der Waals surface area contributed by atoms with Crippen LogP contribution >= 0.6 is 23.2 Å². The Morgan fingerprint density at radius 2 is 2.05 bits per heavy atom. The minimum Gasteiger partial charge on any atom is -0.305 e. The van der Waals surface area contributed by atoms with Crippen LogP contribution in [0.1, 0.15) is 35.8 Å². The number of aromatic amines is 1. The summed E-state index contributed by atoms with van der Waals surface area (Å²) < 4.78 is 0. The maximum Gasteiger partial charge on any atom is 0.260 e. The summed E-state index contributed by atoms with van der Waals surface area (Å²) in [5, 5.41) is 16.6. The van der Waals surface area contributed by atoms with Gasteiger partial charge in [0.15, 0.2) is 16.1 Å². The topological polar surface area (TPSA) is 83.6 Å². The molecule has 8 heteroatoms. The molecule has 0 aliphatic rings. The Balaban J connectivity index is 2.18. The van der Waals surface area contributed by atoms with Crippen molar-refractivity contribution in [3.05, 3.63) is 33.7 Å². The van der Waals surface area contributed by atoms with Gasteiger partial charge in [-0.05, 0) is 12.0 Å². The van der Waals surface area contributed by atoms with Gasteiger partial charge in [0.1, 0.15) is 0 Å². The first-order valence-electron chi connectivity index (χ1n) is 5.52. The lowest BCUT2D eigenvalue weighted by atomic mass is 10.1. The number of carbonyl (C=O) groups excluding carboxylic acids is 1. The Morgan fingerprint density at radius 1 is 1.32 bits per heavy atom. The Bertz CT molecular complexity index is 611. The molecule has 0 spiro atoms. The van der Waals surface area contributed by atoms with Gasteiger partial charge in [-0.3, -0.25) is 9.89 Å². The van der Waals surface area contributed by atoms with Crippen LogP contribution in [0.5, 0.6) is 0 Å². The average Bonchev–Trinajstić information content (AvgIpc) is 2.80. The minimum atomic E-state index is -0.441. The third kappa shape index (κ3) is 3.21. The van der Waals surface area contributed by atoms with E-state index in [2.05, 4.69) is 25.7 Å². The van der Waals surface area contributed by atoms with E-state index < -0.39 is 5.91 Å². The molecule has 19 heavy (non-hydrogen) atoms. The van der Waals surface area contributed by atoms with E-state index in [0.717, 1.165) is 5.69 Å². The summed E-state index contributed by atoms with van der Waals surface area (Å²) in [5.41, 5.74) is 1.07. The lowest BCUT2D eigenvalue weighted by molar-refractivity contribution is 0.102. The van der Waals surface area contributed by atoms with Gasteiger partial charge in [-0.15, -0.1) is 10.2 Å². The molecule has 2 N–H and O–H groups in total. The molecule has 0 aliphatic carbocycles. The summed E-state index contributed by atoms with van der Waals surface area (Å²) in [7, 11) is 0. The summed E-state index contributed by atoms with van der Waals surface area (Å²) in [6.45, 7) is 4.03. The van der Waals surface area contributed by atoms with Crippen LogP contribution in [-0.2, 0) is 0 Å². The maximum atomic E-state index is 12.0. The Hall–Kier alpha value is -1.66. The van der Waals surface area contributed by atoms with Crippen molar-refractivity contribution in [1.29, 1.82) is 0 Å². The molecule has 0 atom stereocenters. The van der Waals surface area contributed by atoms with Crippen molar-refractivity contribution in [2.24, 2.45) is 0 Å². The quantitative estimate of drug-likeness (QED) is 0.913. The van der Waals surface area contributed by atoms with Gasteiger partial charge in [-0.1, -0.05) is 37.0 Å². The second-order valence-electron chi connectivity index (χ2n) is 4.19. The number of nitrogens with one attached hydrogen (secondary N) is 2. The number of anilines is 1. The van der Waals surface area contributed by atoms with Crippen molar-refractivity contribution in [1.82, 2.24) is 20.4 Å². The summed E-state index contributed by atoms with van der Waals surface area (Å²) >= 11 is 11.5. The largest absolute Gasteiger partial charge is 0.305 e. The Kier molecular flexibility index (Phi) is 4.01. The van der Waals surface area contributed by atoms with E-state index in [9.17, 15) is 4.79 Å². The molecule has 6 nitrogen and oxygen atoms in total. The van der Waals surface area contributed by atoms with Crippen molar-refractivity contribution >= 4 is 34.9 Å². The highest BCUT2D eigenvalue weighted by Gasteiger charge is 2.15. The fourth-order valence-electron chi connectivity index (χ4n) is 1.39. The average molecular weight is 300 g/mol. The molecule has 0 unspecified atom stereocenters. The van der Waals surface area contributed by atoms with Gasteiger partial charge in [-0.2, -0.15) is 5.10 Å². The molecule has 2 heterocycles. The molecule has 2 rings (SSSR count). The van der Waals surface area contributed by atoms with Gasteiger partial charge in [0.05, 0.1) is 5.56 Å². The number of nitrogens with zero attached hydrogens (tertiary/aromatic N) is 3. The highest BCUT2D eigenvalue weighted by Crippen LogP contribution is 2.18. The van der Waals surface area contributed by atoms with Crippen LogP contribution in [0.15, 0.2) is 12.1 Å². The third-order valence-electron chi connectivity index (χ3n) is 2.42. The first-order valence-corrected chi connectivity index (χ1v) is 6.28. The number of halogens is 2. The fraction of sp³-hybridized carbons (Fsp3) is 0.273. The number of carbonyl (C=O) groups is 1. The Labute approximate surface area is 119 Å². The van der Waals surface area contributed by atoms with Crippen LogP contribution in [-0.4, -0.2) is 26.3 Å². The van der Waals surface area contributed by atoms with Crippen LogP contribution in [0, 0.1) is 0 Å². The molecular formula is C11H11Cl2N5O. The second kappa shape index (κ2) is 5.54. The lowest BCUT2D eigenvalue weighted by Crippen LogP contribution is -2.13. The molecular weight excluding hydrogens is 289 g/mol. The third-order valence-corrected chi connectivity index (χ3v) is 2.89. The van der Waals surface area contributed by atoms with E-state index in [1.54, 1.807) is 6.07 Å². The molecule has 100 valence electrons. The van der Waals surface area contributed by atoms with Gasteiger partial charge in [-0.25, -0.2) is 0 Å². The number of hydrogen-bond acceptors (Lipinski definition) is 4. The highest BCUT2D eigenvalue weighted by molar-refractivity contribution is 6.34. The molecule has 0 saturated heterocycles. The van der Waals surface area contributed by atoms with Crippen molar-refractivity contribution < 1.29 is 4.79 Å². The number of amides is 1. The van der Waals surface area contributed by atoms with E-state index in [1.807, 2.05) is 13.8 Å². The molecule has 2 aromatic rings. The van der Waals surface area contributed by atoms with Crippen LogP contribution in [0.2, 0.25) is 10.3 Å². The standard InChI is InChI=1S/C11H11Cl2N5O/c1-5(2)7-4-9(17-15-7)14-11(19)6-3-8(12)16-18-10(6)13/h3-5H,1-2H3,(H2,14,15,17,19). The van der Waals surface area contributed by atoms with Crippen LogP contribution in [0.3, 0.4) is 0 Å². The van der Waals surface area contributed by atoms with Crippen molar-refractivity contribution in [3.63, 3.8) is 0 Å². The summed E-state index contributed by atoms with van der Waals surface area (Å²) in [4.78, 5) is 12.0. The zero-order chi connectivity index (χ0) is 14.0. The normalized spacial score (nSPS) is 10.8. The molecule has 0 saturated carbocycles.